The van der Waals surface area contributed by atoms with Crippen LogP contribution >= 0.6 is 0 Å². The van der Waals surface area contributed by atoms with Crippen molar-refractivity contribution in [1.82, 2.24) is 0 Å². The number of carbonyl (C=O) groups is 1. The van der Waals surface area contributed by atoms with E-state index in [1.165, 1.54) is 0 Å². The van der Waals surface area contributed by atoms with Crippen LogP contribution in [0.2, 0.25) is 0 Å². The van der Waals surface area contributed by atoms with Gasteiger partial charge in [-0.05, 0) is 44.4 Å². The van der Waals surface area contributed by atoms with Crippen molar-refractivity contribution in [2.45, 2.75) is 45.8 Å². The van der Waals surface area contributed by atoms with E-state index in [0.717, 1.165) is 5.56 Å². The first-order chi connectivity index (χ1) is 8.82. The van der Waals surface area contributed by atoms with Gasteiger partial charge in [-0.1, -0.05) is 18.2 Å². The zero-order valence-electron chi connectivity index (χ0n) is 11.7. The monoisotopic (exact) mass is 268 g/mol. The van der Waals surface area contributed by atoms with E-state index in [9.17, 15) is 9.90 Å². The molecule has 0 amide bonds. The SMILES string of the molecule is Cc1ccccc1C(=O)OOOC(C)(C)CC(C)O. The van der Waals surface area contributed by atoms with Crippen LogP contribution in [0, 0.1) is 6.92 Å². The standard InChI is InChI=1S/C14H20O5/c1-10-7-5-6-8-12(10)13(16)17-19-18-14(3,4)9-11(2)15/h5-8,11,15H,9H2,1-4H3. The molecule has 0 saturated carbocycles. The molecule has 0 saturated heterocycles. The average molecular weight is 268 g/mol. The van der Waals surface area contributed by atoms with Gasteiger partial charge in [0.1, 0.15) is 5.60 Å². The first-order valence-electron chi connectivity index (χ1n) is 6.12. The summed E-state index contributed by atoms with van der Waals surface area (Å²) in [5.41, 5.74) is 0.457. The lowest BCUT2D eigenvalue weighted by molar-refractivity contribution is -0.513. The van der Waals surface area contributed by atoms with Crippen LogP contribution in [0.5, 0.6) is 0 Å². The fraction of sp³-hybridized carbons (Fsp3) is 0.500. The molecule has 106 valence electrons. The highest BCUT2D eigenvalue weighted by Gasteiger charge is 2.24. The van der Waals surface area contributed by atoms with Crippen LogP contribution < -0.4 is 0 Å². The molecular weight excluding hydrogens is 248 g/mol. The maximum atomic E-state index is 11.7. The van der Waals surface area contributed by atoms with E-state index >= 15 is 0 Å². The Kier molecular flexibility index (Phi) is 5.47. The normalized spacial score (nSPS) is 13.1. The van der Waals surface area contributed by atoms with E-state index in [1.807, 2.05) is 6.07 Å². The first-order valence-corrected chi connectivity index (χ1v) is 6.12. The lowest BCUT2D eigenvalue weighted by Crippen LogP contribution is -2.29. The topological polar surface area (TPSA) is 65.0 Å². The minimum Gasteiger partial charge on any atom is -0.393 e. The fourth-order valence-electron chi connectivity index (χ4n) is 1.73. The molecule has 0 spiro atoms. The number of aliphatic hydroxyl groups excluding tert-OH is 1. The van der Waals surface area contributed by atoms with Gasteiger partial charge in [0.2, 0.25) is 0 Å². The van der Waals surface area contributed by atoms with Crippen molar-refractivity contribution in [3.8, 4) is 0 Å². The number of aliphatic hydroxyl groups is 1. The molecule has 0 aliphatic rings. The summed E-state index contributed by atoms with van der Waals surface area (Å²) in [6.45, 7) is 6.89. The second-order valence-electron chi connectivity index (χ2n) is 5.15. The molecule has 19 heavy (non-hydrogen) atoms. The summed E-state index contributed by atoms with van der Waals surface area (Å²) in [4.78, 5) is 21.2. The highest BCUT2D eigenvalue weighted by Crippen LogP contribution is 2.18. The fourth-order valence-corrected chi connectivity index (χ4v) is 1.73. The molecule has 1 aromatic carbocycles. The summed E-state index contributed by atoms with van der Waals surface area (Å²) in [5.74, 6) is -0.619. The van der Waals surface area contributed by atoms with Gasteiger partial charge in [0.05, 0.1) is 11.7 Å². The molecule has 0 aliphatic heterocycles. The number of hydrogen-bond acceptors (Lipinski definition) is 5. The summed E-state index contributed by atoms with van der Waals surface area (Å²) in [5, 5.41) is 13.8. The van der Waals surface area contributed by atoms with Gasteiger partial charge in [0.25, 0.3) is 0 Å². The highest BCUT2D eigenvalue weighted by atomic mass is 17.5. The largest absolute Gasteiger partial charge is 0.393 e. The van der Waals surface area contributed by atoms with Gasteiger partial charge < -0.3 is 5.11 Å². The van der Waals surface area contributed by atoms with Gasteiger partial charge in [0, 0.05) is 6.42 Å². The Labute approximate surface area is 113 Å². The molecule has 1 unspecified atom stereocenters. The van der Waals surface area contributed by atoms with Crippen LogP contribution in [-0.2, 0) is 14.8 Å². The number of carbonyl (C=O) groups excluding carboxylic acids is 1. The molecule has 1 N–H and O–H groups in total. The molecule has 0 heterocycles. The average Bonchev–Trinajstić information content (AvgIpc) is 2.27. The van der Waals surface area contributed by atoms with Crippen LogP contribution in [0.1, 0.15) is 43.1 Å². The molecule has 5 heteroatoms. The second-order valence-corrected chi connectivity index (χ2v) is 5.15. The van der Waals surface area contributed by atoms with Crippen molar-refractivity contribution in [3.63, 3.8) is 0 Å². The van der Waals surface area contributed by atoms with E-state index in [0.29, 0.717) is 12.0 Å². The zero-order valence-corrected chi connectivity index (χ0v) is 11.7. The Bertz CT molecular complexity index is 426. The summed E-state index contributed by atoms with van der Waals surface area (Å²) in [6.07, 6.45) is -0.180. The summed E-state index contributed by atoms with van der Waals surface area (Å²) in [7, 11) is 0. The molecule has 1 aromatic rings. The Hall–Kier alpha value is -1.43. The van der Waals surface area contributed by atoms with Crippen LogP contribution in [-0.4, -0.2) is 22.8 Å². The van der Waals surface area contributed by atoms with E-state index in [4.69, 9.17) is 4.89 Å². The minimum atomic E-state index is -0.750. The van der Waals surface area contributed by atoms with Crippen LogP contribution in [0.25, 0.3) is 0 Å². The molecular formula is C14H20O5. The summed E-state index contributed by atoms with van der Waals surface area (Å²) < 4.78 is 0. The van der Waals surface area contributed by atoms with Gasteiger partial charge in [-0.2, -0.15) is 4.89 Å². The van der Waals surface area contributed by atoms with Crippen LogP contribution in [0.3, 0.4) is 0 Å². The van der Waals surface area contributed by atoms with Gasteiger partial charge in [-0.25, -0.2) is 4.79 Å². The van der Waals surface area contributed by atoms with Gasteiger partial charge in [-0.3, -0.25) is 4.89 Å². The third-order valence-electron chi connectivity index (χ3n) is 2.52. The lowest BCUT2D eigenvalue weighted by atomic mass is 10.0. The Morgan fingerprint density at radius 3 is 2.58 bits per heavy atom. The van der Waals surface area contributed by atoms with Crippen LogP contribution in [0.15, 0.2) is 24.3 Å². The molecule has 0 fully saturated rings. The smallest absolute Gasteiger partial charge is 0.376 e. The first kappa shape index (κ1) is 15.6. The van der Waals surface area contributed by atoms with Crippen molar-refractivity contribution in [3.05, 3.63) is 35.4 Å². The van der Waals surface area contributed by atoms with E-state index < -0.39 is 17.7 Å². The van der Waals surface area contributed by atoms with Gasteiger partial charge >= 0.3 is 5.97 Å². The molecule has 5 nitrogen and oxygen atoms in total. The molecule has 0 aromatic heterocycles. The highest BCUT2D eigenvalue weighted by molar-refractivity contribution is 5.90. The van der Waals surface area contributed by atoms with Crippen LogP contribution in [0.4, 0.5) is 0 Å². The number of aryl methyl sites for hydroxylation is 1. The Balaban J connectivity index is 2.46. The van der Waals surface area contributed by atoms with E-state index in [-0.39, 0.29) is 0 Å². The van der Waals surface area contributed by atoms with E-state index in [1.54, 1.807) is 45.9 Å². The Morgan fingerprint density at radius 1 is 1.37 bits per heavy atom. The quantitative estimate of drug-likeness (QED) is 0.634. The van der Waals surface area contributed by atoms with Crippen molar-refractivity contribution in [1.29, 1.82) is 0 Å². The lowest BCUT2D eigenvalue weighted by Gasteiger charge is -2.23. The number of benzene rings is 1. The second kappa shape index (κ2) is 6.65. The van der Waals surface area contributed by atoms with Crippen molar-refractivity contribution >= 4 is 5.97 Å². The predicted octanol–water partition coefficient (Wildman–Crippen LogP) is 2.56. The molecule has 1 atom stereocenters. The molecule has 0 aliphatic carbocycles. The predicted molar refractivity (Wildman–Crippen MR) is 69.1 cm³/mol. The van der Waals surface area contributed by atoms with Crippen molar-refractivity contribution < 1.29 is 24.7 Å². The minimum absolute atomic E-state index is 0.356. The summed E-state index contributed by atoms with van der Waals surface area (Å²) in [6, 6.07) is 7.01. The van der Waals surface area contributed by atoms with Gasteiger partial charge in [-0.15, -0.1) is 0 Å². The zero-order chi connectivity index (χ0) is 14.5. The Morgan fingerprint density at radius 2 is 2.00 bits per heavy atom. The van der Waals surface area contributed by atoms with Crippen molar-refractivity contribution in [2.75, 3.05) is 0 Å². The number of rotatable bonds is 6. The third-order valence-corrected chi connectivity index (χ3v) is 2.52. The van der Waals surface area contributed by atoms with E-state index in [2.05, 4.69) is 9.93 Å². The molecule has 1 rings (SSSR count). The number of hydrogen-bond donors (Lipinski definition) is 1. The van der Waals surface area contributed by atoms with Gasteiger partial charge in [0.15, 0.2) is 0 Å². The third kappa shape index (κ3) is 5.38. The maximum absolute atomic E-state index is 11.7. The van der Waals surface area contributed by atoms with Crippen molar-refractivity contribution in [2.24, 2.45) is 0 Å². The molecule has 0 bridgehead atoms. The summed E-state index contributed by atoms with van der Waals surface area (Å²) >= 11 is 0. The molecule has 0 radical (unpaired) electrons. The maximum Gasteiger partial charge on any atom is 0.376 e.